The molecule has 0 fully saturated rings. The van der Waals surface area contributed by atoms with Gasteiger partial charge in [0.05, 0.1) is 30.1 Å². The molecular weight excluding hydrogens is 1370 g/mol. The van der Waals surface area contributed by atoms with Crippen molar-refractivity contribution in [2.45, 2.75) is 185 Å². The normalized spacial score (nSPS) is 13.7. The second-order valence-electron chi connectivity index (χ2n) is 25.1. The zero-order valence-corrected chi connectivity index (χ0v) is 61.0. The number of nitrogens with two attached hydrogens (primary N) is 18. The lowest BCUT2D eigenvalue weighted by Crippen LogP contribution is -2.49. The Morgan fingerprint density at radius 2 is 0.490 bits per heavy atom. The molecule has 0 aromatic rings. The molecule has 0 unspecified atom stereocenters. The summed E-state index contributed by atoms with van der Waals surface area (Å²) in [5.41, 5.74) is 101. The number of nitrogens with one attached hydrogen (secondary N) is 5. The van der Waals surface area contributed by atoms with Crippen molar-refractivity contribution in [2.24, 2.45) is 173 Å². The van der Waals surface area contributed by atoms with E-state index in [0.29, 0.717) is 32.2 Å². The molecule has 0 saturated heterocycles. The fraction of sp³-hybridized carbons (Fsp3) is 0.710. The molecule has 0 aliphatic rings. The van der Waals surface area contributed by atoms with E-state index in [9.17, 15) is 47.9 Å². The van der Waals surface area contributed by atoms with Crippen LogP contribution in [0.4, 0.5) is 0 Å². The zero-order valence-electron chi connectivity index (χ0n) is 60.1. The Kier molecular flexibility index (Phi) is 49.4. The summed E-state index contributed by atoms with van der Waals surface area (Å²) < 4.78 is 0. The number of Topliss-reactive ketones (excluding diaryl/α,β-unsaturated/α-hetero) is 4. The summed E-state index contributed by atoms with van der Waals surface area (Å²) in [6.45, 7) is 2.43. The van der Waals surface area contributed by atoms with Crippen LogP contribution in [0.15, 0.2) is 39.9 Å². The molecule has 0 rings (SSSR count). The van der Waals surface area contributed by atoms with E-state index < -0.39 is 144 Å². The van der Waals surface area contributed by atoms with Gasteiger partial charge in [0.2, 0.25) is 35.4 Å². The third-order valence-electron chi connectivity index (χ3n) is 16.3. The fourth-order valence-electron chi connectivity index (χ4n) is 10.7. The molecule has 0 spiro atoms. The van der Waals surface area contributed by atoms with Crippen LogP contribution in [0.5, 0.6) is 0 Å². The first-order valence-electron chi connectivity index (χ1n) is 34.8. The van der Waals surface area contributed by atoms with Crippen LogP contribution in [0, 0.1) is 29.6 Å². The van der Waals surface area contributed by atoms with Crippen LogP contribution in [0.2, 0.25) is 0 Å². The molecule has 0 aliphatic heterocycles. The van der Waals surface area contributed by atoms with Crippen LogP contribution in [-0.4, -0.2) is 201 Å². The molecule has 104 heavy (non-hydrogen) atoms. The standard InChI is InChI=1S/C62H121N31O10S/c1-35(12-4-22-81-55(65)66)50(99)89-40(17-8-26-85-59(73)74)45(94)30-36(13-5-23-82-56(67)68)51(100)90-41(18-9-27-86-60(75)76)46(95)31-37(14-6-24-83-57(69)70)52(101)91-42(19-10-28-87-61(77)78)47(96)32-38(15-7-25-84-58(71)72)53(102)92-43(20-11-29-88-62(79)80)48(97)33-39(34-104)54(103)93-44(49(64)98)16-2-3-21-63/h35-44,104H,2-34,63H2,1H3,(H2,64,98)(H,89,99)(H,90,100)(H,91,101)(H,92,102)(H,93,103)(H4,65,66,81)(H4,67,68,82)(H4,69,70,83)(H4,71,72,84)(H4,73,74,85)(H4,75,76,86)(H4,77,78,87)(H4,79,80,88)/t35-,36+,37+,38+,39-,40-,41-,42-,43-,44-/m1/s1. The predicted octanol–water partition coefficient (Wildman–Crippen LogP) is -7.68. The summed E-state index contributed by atoms with van der Waals surface area (Å²) in [5, 5.41) is 13.8. The third kappa shape index (κ3) is 45.8. The number of primary amides is 1. The molecule has 41 nitrogen and oxygen atoms in total. The van der Waals surface area contributed by atoms with Gasteiger partial charge in [-0.3, -0.25) is 87.9 Å². The minimum atomic E-state index is -1.39. The number of rotatable bonds is 60. The number of unbranched alkanes of at least 4 members (excludes halogenated alkanes) is 1. The van der Waals surface area contributed by atoms with Crippen molar-refractivity contribution >= 4 is 119 Å². The average molecular weight is 1490 g/mol. The van der Waals surface area contributed by atoms with Gasteiger partial charge in [-0.2, -0.15) is 12.6 Å². The van der Waals surface area contributed by atoms with Crippen LogP contribution >= 0.6 is 12.6 Å². The summed E-state index contributed by atoms with van der Waals surface area (Å²) in [4.78, 5) is 175. The average Bonchev–Trinajstić information content (AvgIpc) is 0.855. The van der Waals surface area contributed by atoms with Crippen LogP contribution in [-0.2, 0) is 47.9 Å². The second kappa shape index (κ2) is 54.6. The molecule has 0 heterocycles. The van der Waals surface area contributed by atoms with Crippen LogP contribution in [0.3, 0.4) is 0 Å². The van der Waals surface area contributed by atoms with Crippen molar-refractivity contribution in [3.05, 3.63) is 0 Å². The number of thiol groups is 1. The third-order valence-corrected chi connectivity index (χ3v) is 16.7. The van der Waals surface area contributed by atoms with Crippen molar-refractivity contribution in [1.82, 2.24) is 26.6 Å². The Hall–Kier alpha value is -10.0. The molecule has 0 bridgehead atoms. The summed E-state index contributed by atoms with van der Waals surface area (Å²) in [6, 6.07) is -6.25. The number of amides is 6. The number of hydrogen-bond acceptors (Lipinski definition) is 20. The second-order valence-corrected chi connectivity index (χ2v) is 25.5. The number of carbonyl (C=O) groups is 10. The largest absolute Gasteiger partial charge is 0.370 e. The van der Waals surface area contributed by atoms with Gasteiger partial charge in [-0.05, 0) is 129 Å². The topological polar surface area (TPSA) is 798 Å². The molecular formula is C62H121N31O10S. The maximum absolute atomic E-state index is 15.0. The molecule has 6 amide bonds. The first-order valence-corrected chi connectivity index (χ1v) is 35.4. The highest BCUT2D eigenvalue weighted by molar-refractivity contribution is 7.80. The van der Waals surface area contributed by atoms with E-state index in [-0.39, 0.29) is 202 Å². The maximum Gasteiger partial charge on any atom is 0.239 e. The van der Waals surface area contributed by atoms with E-state index in [1.165, 1.54) is 0 Å². The first-order chi connectivity index (χ1) is 49.1. The van der Waals surface area contributed by atoms with Crippen molar-refractivity contribution in [3.8, 4) is 0 Å². The van der Waals surface area contributed by atoms with Gasteiger partial charge in [0, 0.05) is 107 Å². The van der Waals surface area contributed by atoms with E-state index in [1.54, 1.807) is 6.92 Å². The van der Waals surface area contributed by atoms with Gasteiger partial charge in [0.1, 0.15) is 6.04 Å². The number of ketones is 4. The minimum absolute atomic E-state index is 0.000556. The van der Waals surface area contributed by atoms with E-state index >= 15 is 0 Å². The quantitative estimate of drug-likeness (QED) is 0.0116. The molecule has 0 saturated carbocycles. The highest BCUT2D eigenvalue weighted by Crippen LogP contribution is 2.23. The Bertz CT molecular complexity index is 2930. The summed E-state index contributed by atoms with van der Waals surface area (Å²) in [6.07, 6.45) is 0.682. The minimum Gasteiger partial charge on any atom is -0.370 e. The summed E-state index contributed by atoms with van der Waals surface area (Å²) >= 11 is 4.33. The molecule has 0 radical (unpaired) electrons. The molecule has 10 atom stereocenters. The molecule has 42 heteroatoms. The van der Waals surface area contributed by atoms with Gasteiger partial charge >= 0.3 is 0 Å². The number of hydrogen-bond donors (Lipinski definition) is 24. The number of carbonyl (C=O) groups excluding carboxylic acids is 10. The van der Waals surface area contributed by atoms with Crippen molar-refractivity contribution in [1.29, 1.82) is 0 Å². The highest BCUT2D eigenvalue weighted by atomic mass is 32.1. The Balaban J connectivity index is 7.81. The Labute approximate surface area is 613 Å². The number of aliphatic imine (C=N–C) groups is 8. The van der Waals surface area contributed by atoms with Crippen LogP contribution < -0.4 is 130 Å². The highest BCUT2D eigenvalue weighted by Gasteiger charge is 2.36. The fourth-order valence-corrected chi connectivity index (χ4v) is 10.9. The van der Waals surface area contributed by atoms with Gasteiger partial charge in [0.15, 0.2) is 70.8 Å². The van der Waals surface area contributed by atoms with E-state index in [2.05, 4.69) is 79.2 Å². The zero-order chi connectivity index (χ0) is 78.7. The van der Waals surface area contributed by atoms with Crippen LogP contribution in [0.25, 0.3) is 0 Å². The molecule has 590 valence electrons. The SMILES string of the molecule is C[C@H](CCCN=C(N)N)C(=O)N[C@H](CCCN=C(N)N)C(=O)C[C@H](CCCN=C(N)N)C(=O)N[C@H](CCCN=C(N)N)C(=O)C[C@H](CCCN=C(N)N)C(=O)N[C@H](CCCN=C(N)N)C(=O)C[C@H](CCCN=C(N)N)C(=O)N[C@H](CCCN=C(N)N)C(=O)C[C@H](CS)C(=O)N[C@H](CCCCN)C(N)=O. The monoisotopic (exact) mass is 1490 g/mol. The maximum atomic E-state index is 15.0. The van der Waals surface area contributed by atoms with E-state index in [1.807, 2.05) is 0 Å². The number of guanidine groups is 8. The van der Waals surface area contributed by atoms with Crippen LogP contribution in [0.1, 0.15) is 155 Å². The van der Waals surface area contributed by atoms with E-state index in [0.717, 1.165) is 0 Å². The number of nitrogens with zero attached hydrogens (tertiary/aromatic N) is 8. The van der Waals surface area contributed by atoms with Crippen molar-refractivity contribution in [2.75, 3.05) is 64.7 Å². The first kappa shape index (κ1) is 94.0. The predicted molar refractivity (Wildman–Crippen MR) is 407 cm³/mol. The Morgan fingerprint density at radius 3 is 0.731 bits per heavy atom. The molecule has 0 aromatic carbocycles. The van der Waals surface area contributed by atoms with Gasteiger partial charge in [-0.25, -0.2) is 0 Å². The molecule has 0 aliphatic carbocycles. The van der Waals surface area contributed by atoms with Gasteiger partial charge in [-0.1, -0.05) is 6.92 Å². The lowest BCUT2D eigenvalue weighted by Gasteiger charge is -2.27. The van der Waals surface area contributed by atoms with Gasteiger partial charge in [0.25, 0.3) is 0 Å². The van der Waals surface area contributed by atoms with Gasteiger partial charge in [-0.15, -0.1) is 0 Å². The molecule has 41 N–H and O–H groups in total. The lowest BCUT2D eigenvalue weighted by molar-refractivity contribution is -0.136. The van der Waals surface area contributed by atoms with E-state index in [4.69, 9.17) is 103 Å². The smallest absolute Gasteiger partial charge is 0.239 e. The Morgan fingerprint density at radius 1 is 0.279 bits per heavy atom. The summed E-state index contributed by atoms with van der Waals surface area (Å²) in [7, 11) is 0. The van der Waals surface area contributed by atoms with Gasteiger partial charge < -0.3 is 130 Å². The van der Waals surface area contributed by atoms with Crippen molar-refractivity contribution in [3.63, 3.8) is 0 Å². The lowest BCUT2D eigenvalue weighted by atomic mass is 9.88. The summed E-state index contributed by atoms with van der Waals surface area (Å²) in [5.74, 6) is -14.1. The van der Waals surface area contributed by atoms with Crippen molar-refractivity contribution < 1.29 is 47.9 Å². The molecule has 0 aromatic heterocycles.